The largest absolute Gasteiger partial charge is 0.475 e. The fourth-order valence-electron chi connectivity index (χ4n) is 1.02. The van der Waals surface area contributed by atoms with Crippen LogP contribution in [0.1, 0.15) is 21.9 Å². The summed E-state index contributed by atoms with van der Waals surface area (Å²) < 4.78 is 10.2. The van der Waals surface area contributed by atoms with Crippen LogP contribution in [0.15, 0.2) is 23.1 Å². The zero-order chi connectivity index (χ0) is 10.6. The van der Waals surface area contributed by atoms with Gasteiger partial charge in [0.05, 0.1) is 13.2 Å². The molecule has 0 aliphatic rings. The van der Waals surface area contributed by atoms with Gasteiger partial charge < -0.3 is 14.3 Å². The van der Waals surface area contributed by atoms with Crippen LogP contribution in [0, 0.1) is 6.92 Å². The summed E-state index contributed by atoms with van der Waals surface area (Å²) in [6, 6.07) is 1.47. The molecular weight excluding hydrogens is 184 g/mol. The van der Waals surface area contributed by atoms with Crippen LogP contribution < -0.4 is 0 Å². The average molecular weight is 196 g/mol. The Morgan fingerprint density at radius 2 is 2.50 bits per heavy atom. The van der Waals surface area contributed by atoms with Gasteiger partial charge in [0.15, 0.2) is 0 Å². The monoisotopic (exact) mass is 196 g/mol. The molecule has 0 aliphatic heterocycles. The quantitative estimate of drug-likeness (QED) is 0.578. The van der Waals surface area contributed by atoms with Crippen LogP contribution in [0.3, 0.4) is 0 Å². The van der Waals surface area contributed by atoms with E-state index in [1.807, 2.05) is 0 Å². The number of carboxylic acids is 1. The molecule has 0 fully saturated rings. The highest BCUT2D eigenvalue weighted by Crippen LogP contribution is 2.15. The van der Waals surface area contributed by atoms with Gasteiger partial charge in [-0.2, -0.15) is 0 Å². The lowest BCUT2D eigenvalue weighted by atomic mass is 10.2. The molecule has 0 bridgehead atoms. The second-order valence-corrected chi connectivity index (χ2v) is 2.80. The molecule has 1 heterocycles. The van der Waals surface area contributed by atoms with Gasteiger partial charge in [0.25, 0.3) is 0 Å². The summed E-state index contributed by atoms with van der Waals surface area (Å²) in [6.45, 7) is 5.99. The van der Waals surface area contributed by atoms with Crippen LogP contribution in [0.5, 0.6) is 0 Å². The minimum absolute atomic E-state index is 0.0558. The lowest BCUT2D eigenvalue weighted by Gasteiger charge is -1.97. The van der Waals surface area contributed by atoms with Crippen LogP contribution in [-0.2, 0) is 11.3 Å². The Balaban J connectivity index is 2.67. The van der Waals surface area contributed by atoms with E-state index in [0.29, 0.717) is 19.0 Å². The van der Waals surface area contributed by atoms with Gasteiger partial charge in [-0.05, 0) is 13.0 Å². The lowest BCUT2D eigenvalue weighted by Crippen LogP contribution is -1.93. The van der Waals surface area contributed by atoms with E-state index in [4.69, 9.17) is 14.3 Å². The molecule has 0 saturated heterocycles. The second kappa shape index (κ2) is 4.62. The van der Waals surface area contributed by atoms with E-state index in [1.165, 1.54) is 6.07 Å². The minimum Gasteiger partial charge on any atom is -0.475 e. The van der Waals surface area contributed by atoms with Crippen molar-refractivity contribution in [2.45, 2.75) is 13.5 Å². The number of carbonyl (C=O) groups is 1. The first-order valence-corrected chi connectivity index (χ1v) is 4.16. The van der Waals surface area contributed by atoms with Gasteiger partial charge in [-0.1, -0.05) is 6.08 Å². The zero-order valence-corrected chi connectivity index (χ0v) is 7.95. The number of ether oxygens (including phenoxy) is 1. The van der Waals surface area contributed by atoms with Crippen molar-refractivity contribution in [1.82, 2.24) is 0 Å². The molecule has 4 heteroatoms. The topological polar surface area (TPSA) is 59.7 Å². The summed E-state index contributed by atoms with van der Waals surface area (Å²) in [6.07, 6.45) is 1.63. The van der Waals surface area contributed by atoms with Gasteiger partial charge in [0.1, 0.15) is 5.76 Å². The normalized spacial score (nSPS) is 10.1. The lowest BCUT2D eigenvalue weighted by molar-refractivity contribution is 0.0661. The van der Waals surface area contributed by atoms with E-state index >= 15 is 0 Å². The SMILES string of the molecule is C=CCOCc1cc(C(=O)O)oc1C. The highest BCUT2D eigenvalue weighted by atomic mass is 16.5. The molecule has 14 heavy (non-hydrogen) atoms. The smallest absolute Gasteiger partial charge is 0.371 e. The first-order chi connectivity index (χ1) is 6.65. The molecule has 0 saturated carbocycles. The number of aryl methyl sites for hydroxylation is 1. The maximum absolute atomic E-state index is 10.5. The fraction of sp³-hybridized carbons (Fsp3) is 0.300. The predicted molar refractivity (Wildman–Crippen MR) is 50.3 cm³/mol. The van der Waals surface area contributed by atoms with E-state index in [9.17, 15) is 4.79 Å². The third kappa shape index (κ3) is 2.47. The van der Waals surface area contributed by atoms with E-state index in [0.717, 1.165) is 5.56 Å². The maximum Gasteiger partial charge on any atom is 0.371 e. The Kier molecular flexibility index (Phi) is 3.48. The third-order valence-corrected chi connectivity index (χ3v) is 1.72. The third-order valence-electron chi connectivity index (χ3n) is 1.72. The molecule has 0 aromatic carbocycles. The predicted octanol–water partition coefficient (Wildman–Crippen LogP) is 1.99. The molecule has 0 unspecified atom stereocenters. The van der Waals surface area contributed by atoms with Gasteiger partial charge >= 0.3 is 5.97 Å². The molecule has 76 valence electrons. The minimum atomic E-state index is -1.07. The van der Waals surface area contributed by atoms with Crippen LogP contribution in [-0.4, -0.2) is 17.7 Å². The highest BCUT2D eigenvalue weighted by Gasteiger charge is 2.12. The molecule has 1 aromatic heterocycles. The van der Waals surface area contributed by atoms with Crippen LogP contribution in [0.4, 0.5) is 0 Å². The van der Waals surface area contributed by atoms with Crippen molar-refractivity contribution in [2.24, 2.45) is 0 Å². The number of hydrogen-bond donors (Lipinski definition) is 1. The molecule has 0 amide bonds. The Morgan fingerprint density at radius 3 is 3.00 bits per heavy atom. The summed E-state index contributed by atoms with van der Waals surface area (Å²) in [4.78, 5) is 10.5. The van der Waals surface area contributed by atoms with Gasteiger partial charge in [0.2, 0.25) is 5.76 Å². The standard InChI is InChI=1S/C10H12O4/c1-3-4-13-6-8-5-9(10(11)12)14-7(8)2/h3,5H,1,4,6H2,2H3,(H,11,12). The Labute approximate surface area is 81.8 Å². The summed E-state index contributed by atoms with van der Waals surface area (Å²) in [5, 5.41) is 8.64. The number of aromatic carboxylic acids is 1. The maximum atomic E-state index is 10.5. The summed E-state index contributed by atoms with van der Waals surface area (Å²) in [5.41, 5.74) is 0.754. The van der Waals surface area contributed by atoms with E-state index in [1.54, 1.807) is 13.0 Å². The van der Waals surface area contributed by atoms with Crippen LogP contribution in [0.2, 0.25) is 0 Å². The molecule has 1 rings (SSSR count). The number of carboxylic acid groups (broad SMARTS) is 1. The zero-order valence-electron chi connectivity index (χ0n) is 7.95. The van der Waals surface area contributed by atoms with E-state index in [-0.39, 0.29) is 5.76 Å². The number of furan rings is 1. The van der Waals surface area contributed by atoms with Crippen molar-refractivity contribution in [3.63, 3.8) is 0 Å². The first-order valence-electron chi connectivity index (χ1n) is 4.16. The Hall–Kier alpha value is -1.55. The summed E-state index contributed by atoms with van der Waals surface area (Å²) in [7, 11) is 0. The number of hydrogen-bond acceptors (Lipinski definition) is 3. The molecular formula is C10H12O4. The van der Waals surface area contributed by atoms with Gasteiger partial charge in [0, 0.05) is 5.56 Å². The molecule has 0 radical (unpaired) electrons. The molecule has 0 aliphatic carbocycles. The number of rotatable bonds is 5. The fourth-order valence-corrected chi connectivity index (χ4v) is 1.02. The molecule has 4 nitrogen and oxygen atoms in total. The van der Waals surface area contributed by atoms with Crippen molar-refractivity contribution in [3.05, 3.63) is 35.8 Å². The van der Waals surface area contributed by atoms with Crippen LogP contribution >= 0.6 is 0 Å². The Bertz CT molecular complexity index is 338. The van der Waals surface area contributed by atoms with Crippen molar-refractivity contribution in [2.75, 3.05) is 6.61 Å². The molecule has 0 spiro atoms. The van der Waals surface area contributed by atoms with Crippen molar-refractivity contribution >= 4 is 5.97 Å². The van der Waals surface area contributed by atoms with Gasteiger partial charge in [-0.15, -0.1) is 6.58 Å². The van der Waals surface area contributed by atoms with Crippen molar-refractivity contribution in [3.8, 4) is 0 Å². The average Bonchev–Trinajstić information content (AvgIpc) is 2.49. The van der Waals surface area contributed by atoms with E-state index < -0.39 is 5.97 Å². The molecule has 1 N–H and O–H groups in total. The molecule has 0 atom stereocenters. The van der Waals surface area contributed by atoms with Gasteiger partial charge in [-0.25, -0.2) is 4.79 Å². The van der Waals surface area contributed by atoms with Crippen molar-refractivity contribution < 1.29 is 19.1 Å². The summed E-state index contributed by atoms with van der Waals surface area (Å²) in [5.74, 6) is -0.547. The highest BCUT2D eigenvalue weighted by molar-refractivity contribution is 5.84. The van der Waals surface area contributed by atoms with Crippen LogP contribution in [0.25, 0.3) is 0 Å². The molecule has 1 aromatic rings. The van der Waals surface area contributed by atoms with E-state index in [2.05, 4.69) is 6.58 Å². The first kappa shape index (κ1) is 10.5. The second-order valence-electron chi connectivity index (χ2n) is 2.80. The summed E-state index contributed by atoms with van der Waals surface area (Å²) >= 11 is 0. The Morgan fingerprint density at radius 1 is 1.79 bits per heavy atom. The van der Waals surface area contributed by atoms with Gasteiger partial charge in [-0.3, -0.25) is 0 Å². The van der Waals surface area contributed by atoms with Crippen molar-refractivity contribution in [1.29, 1.82) is 0 Å².